The van der Waals surface area contributed by atoms with Crippen molar-refractivity contribution in [3.05, 3.63) is 114 Å². The SMILES string of the molecule is COc1cncc(F)c1-c1ccc(NC(=O)C(NC(=O)O)C(c2ccccc2)c2ccccc2)cc1. The van der Waals surface area contributed by atoms with Crippen molar-refractivity contribution in [2.75, 3.05) is 12.4 Å². The van der Waals surface area contributed by atoms with Crippen LogP contribution in [0.15, 0.2) is 97.3 Å². The Kier molecular flexibility index (Phi) is 7.55. The molecule has 0 aliphatic rings. The number of pyridine rings is 1. The lowest BCUT2D eigenvalue weighted by atomic mass is 9.84. The minimum Gasteiger partial charge on any atom is -0.494 e. The van der Waals surface area contributed by atoms with Crippen LogP contribution in [0.5, 0.6) is 5.75 Å². The smallest absolute Gasteiger partial charge is 0.405 e. The van der Waals surface area contributed by atoms with Crippen LogP contribution in [0.3, 0.4) is 0 Å². The van der Waals surface area contributed by atoms with Crippen molar-refractivity contribution in [1.29, 1.82) is 0 Å². The summed E-state index contributed by atoms with van der Waals surface area (Å²) in [4.78, 5) is 28.9. The number of amides is 2. The number of benzene rings is 3. The Morgan fingerprint density at radius 2 is 1.47 bits per heavy atom. The number of methoxy groups -OCH3 is 1. The molecule has 0 saturated heterocycles. The van der Waals surface area contributed by atoms with Gasteiger partial charge in [0.2, 0.25) is 5.91 Å². The first-order chi connectivity index (χ1) is 17.5. The third kappa shape index (κ3) is 5.50. The van der Waals surface area contributed by atoms with Gasteiger partial charge in [0.15, 0.2) is 5.82 Å². The first kappa shape index (κ1) is 24.4. The van der Waals surface area contributed by atoms with Gasteiger partial charge in [0.05, 0.1) is 25.1 Å². The third-order valence-electron chi connectivity index (χ3n) is 5.74. The lowest BCUT2D eigenvalue weighted by molar-refractivity contribution is -0.118. The number of carbonyl (C=O) groups is 2. The van der Waals surface area contributed by atoms with Crippen molar-refractivity contribution < 1.29 is 23.8 Å². The summed E-state index contributed by atoms with van der Waals surface area (Å²) in [6.07, 6.45) is 1.20. The standard InChI is InChI=1S/C28H24FN3O4/c1-36-23-17-30-16-22(29)25(23)20-12-14-21(15-13-20)31-27(33)26(32-28(34)35)24(18-8-4-2-5-9-18)19-10-6-3-7-11-19/h2-17,24,26,32H,1H3,(H,31,33)(H,34,35). The summed E-state index contributed by atoms with van der Waals surface area (Å²) < 4.78 is 19.6. The molecule has 0 fully saturated rings. The number of rotatable bonds is 8. The minimum absolute atomic E-state index is 0.254. The van der Waals surface area contributed by atoms with Crippen LogP contribution in [0.4, 0.5) is 14.9 Å². The van der Waals surface area contributed by atoms with E-state index in [1.807, 2.05) is 60.7 Å². The molecule has 3 N–H and O–H groups in total. The number of carboxylic acid groups (broad SMARTS) is 1. The molecule has 4 rings (SSSR count). The van der Waals surface area contributed by atoms with Crippen LogP contribution in [0.1, 0.15) is 17.0 Å². The van der Waals surface area contributed by atoms with E-state index in [1.54, 1.807) is 24.3 Å². The highest BCUT2D eigenvalue weighted by Gasteiger charge is 2.32. The van der Waals surface area contributed by atoms with E-state index in [-0.39, 0.29) is 11.3 Å². The van der Waals surface area contributed by atoms with Gasteiger partial charge in [-0.25, -0.2) is 9.18 Å². The third-order valence-corrected chi connectivity index (χ3v) is 5.74. The zero-order valence-electron chi connectivity index (χ0n) is 19.4. The summed E-state index contributed by atoms with van der Waals surface area (Å²) >= 11 is 0. The van der Waals surface area contributed by atoms with Gasteiger partial charge < -0.3 is 20.5 Å². The Morgan fingerprint density at radius 1 is 0.889 bits per heavy atom. The summed E-state index contributed by atoms with van der Waals surface area (Å²) in [6, 6.07) is 23.9. The van der Waals surface area contributed by atoms with Gasteiger partial charge in [-0.2, -0.15) is 0 Å². The average Bonchev–Trinajstić information content (AvgIpc) is 2.90. The minimum atomic E-state index is -1.32. The normalized spacial score (nSPS) is 11.5. The predicted molar refractivity (Wildman–Crippen MR) is 134 cm³/mol. The van der Waals surface area contributed by atoms with Gasteiger partial charge in [-0.15, -0.1) is 0 Å². The van der Waals surface area contributed by atoms with E-state index in [0.29, 0.717) is 11.3 Å². The zero-order chi connectivity index (χ0) is 25.5. The number of halogens is 1. The van der Waals surface area contributed by atoms with Gasteiger partial charge in [0, 0.05) is 11.6 Å². The van der Waals surface area contributed by atoms with Crippen molar-refractivity contribution >= 4 is 17.7 Å². The molecule has 3 aromatic carbocycles. The van der Waals surface area contributed by atoms with Crippen molar-refractivity contribution in [3.63, 3.8) is 0 Å². The Balaban J connectivity index is 1.64. The predicted octanol–water partition coefficient (Wildman–Crippen LogP) is 5.30. The van der Waals surface area contributed by atoms with Crippen molar-refractivity contribution in [2.45, 2.75) is 12.0 Å². The molecule has 182 valence electrons. The number of nitrogens with zero attached hydrogens (tertiary/aromatic N) is 1. The Labute approximate surface area is 207 Å². The maximum absolute atomic E-state index is 14.4. The molecule has 0 saturated carbocycles. The molecule has 2 amide bonds. The largest absolute Gasteiger partial charge is 0.494 e. The molecule has 36 heavy (non-hydrogen) atoms. The number of nitrogens with one attached hydrogen (secondary N) is 2. The van der Waals surface area contributed by atoms with E-state index in [0.717, 1.165) is 17.3 Å². The van der Waals surface area contributed by atoms with Gasteiger partial charge in [-0.3, -0.25) is 9.78 Å². The fraction of sp³-hybridized carbons (Fsp3) is 0.107. The molecule has 0 radical (unpaired) electrons. The Morgan fingerprint density at radius 3 is 2.00 bits per heavy atom. The average molecular weight is 486 g/mol. The van der Waals surface area contributed by atoms with E-state index >= 15 is 0 Å². The number of aromatic nitrogens is 1. The molecule has 0 bridgehead atoms. The van der Waals surface area contributed by atoms with Gasteiger partial charge >= 0.3 is 6.09 Å². The van der Waals surface area contributed by atoms with Crippen molar-refractivity contribution in [1.82, 2.24) is 10.3 Å². The molecule has 1 unspecified atom stereocenters. The van der Waals surface area contributed by atoms with Crippen LogP contribution >= 0.6 is 0 Å². The molecule has 1 aromatic heterocycles. The number of anilines is 1. The molecular weight excluding hydrogens is 461 g/mol. The second-order valence-corrected chi connectivity index (χ2v) is 7.99. The molecule has 1 heterocycles. The van der Waals surface area contributed by atoms with Gasteiger partial charge in [0.1, 0.15) is 11.8 Å². The summed E-state index contributed by atoms with van der Waals surface area (Å²) in [5.74, 6) is -1.36. The summed E-state index contributed by atoms with van der Waals surface area (Å²) in [5.41, 5.74) is 2.79. The molecule has 8 heteroatoms. The quantitative estimate of drug-likeness (QED) is 0.314. The molecule has 7 nitrogen and oxygen atoms in total. The van der Waals surface area contributed by atoms with Gasteiger partial charge in [0.25, 0.3) is 0 Å². The van der Waals surface area contributed by atoms with E-state index in [1.165, 1.54) is 13.3 Å². The second kappa shape index (κ2) is 11.1. The highest BCUT2D eigenvalue weighted by molar-refractivity contribution is 5.97. The maximum atomic E-state index is 14.4. The molecule has 1 atom stereocenters. The first-order valence-electron chi connectivity index (χ1n) is 11.2. The fourth-order valence-electron chi connectivity index (χ4n) is 4.12. The first-order valence-corrected chi connectivity index (χ1v) is 11.2. The Hall–Kier alpha value is -4.72. The topological polar surface area (TPSA) is 101 Å². The lowest BCUT2D eigenvalue weighted by Gasteiger charge is -2.27. The highest BCUT2D eigenvalue weighted by Crippen LogP contribution is 2.33. The van der Waals surface area contributed by atoms with E-state index in [4.69, 9.17) is 4.74 Å². The summed E-state index contributed by atoms with van der Waals surface area (Å²) in [5, 5.41) is 14.7. The number of hydrogen-bond acceptors (Lipinski definition) is 4. The summed E-state index contributed by atoms with van der Waals surface area (Å²) in [6.45, 7) is 0. The molecular formula is C28H24FN3O4. The van der Waals surface area contributed by atoms with E-state index in [2.05, 4.69) is 15.6 Å². The molecule has 0 spiro atoms. The van der Waals surface area contributed by atoms with Crippen molar-refractivity contribution in [2.24, 2.45) is 0 Å². The Bertz CT molecular complexity index is 1290. The maximum Gasteiger partial charge on any atom is 0.405 e. The van der Waals surface area contributed by atoms with E-state index in [9.17, 15) is 19.1 Å². The van der Waals surface area contributed by atoms with Gasteiger partial charge in [-0.05, 0) is 28.8 Å². The van der Waals surface area contributed by atoms with Crippen LogP contribution < -0.4 is 15.4 Å². The van der Waals surface area contributed by atoms with Crippen LogP contribution in [-0.4, -0.2) is 35.2 Å². The second-order valence-electron chi connectivity index (χ2n) is 7.99. The lowest BCUT2D eigenvalue weighted by Crippen LogP contribution is -2.47. The molecule has 0 aliphatic carbocycles. The molecule has 0 aliphatic heterocycles. The van der Waals surface area contributed by atoms with E-state index < -0.39 is 29.8 Å². The monoisotopic (exact) mass is 485 g/mol. The number of carbonyl (C=O) groups excluding carboxylic acids is 1. The molecule has 4 aromatic rings. The zero-order valence-corrected chi connectivity index (χ0v) is 19.4. The number of hydrogen-bond donors (Lipinski definition) is 3. The highest BCUT2D eigenvalue weighted by atomic mass is 19.1. The summed E-state index contributed by atoms with van der Waals surface area (Å²) in [7, 11) is 1.43. The van der Waals surface area contributed by atoms with Crippen molar-refractivity contribution in [3.8, 4) is 16.9 Å². The van der Waals surface area contributed by atoms with Crippen LogP contribution in [-0.2, 0) is 4.79 Å². The van der Waals surface area contributed by atoms with Crippen LogP contribution in [0, 0.1) is 5.82 Å². The van der Waals surface area contributed by atoms with Crippen LogP contribution in [0.25, 0.3) is 11.1 Å². The van der Waals surface area contributed by atoms with Crippen LogP contribution in [0.2, 0.25) is 0 Å². The number of ether oxygens (including phenoxy) is 1. The van der Waals surface area contributed by atoms with Gasteiger partial charge in [-0.1, -0.05) is 72.8 Å². The fourth-order valence-corrected chi connectivity index (χ4v) is 4.12.